The van der Waals surface area contributed by atoms with Gasteiger partial charge in [0.15, 0.2) is 11.8 Å². The molecule has 3 rings (SSSR count). The molecule has 0 fully saturated rings. The van der Waals surface area contributed by atoms with Crippen LogP contribution in [-0.4, -0.2) is 29.5 Å². The third kappa shape index (κ3) is 4.52. The van der Waals surface area contributed by atoms with Crippen LogP contribution >= 0.6 is 23.4 Å². The molecule has 0 N–H and O–H groups in total. The van der Waals surface area contributed by atoms with Gasteiger partial charge >= 0.3 is 0 Å². The summed E-state index contributed by atoms with van der Waals surface area (Å²) in [7, 11) is 0. The normalized spacial score (nSPS) is 16.4. The van der Waals surface area contributed by atoms with Gasteiger partial charge in [0.1, 0.15) is 11.6 Å². The van der Waals surface area contributed by atoms with E-state index in [-0.39, 0.29) is 18.6 Å². The molecule has 4 nitrogen and oxygen atoms in total. The van der Waals surface area contributed by atoms with E-state index in [1.54, 1.807) is 30.3 Å². The van der Waals surface area contributed by atoms with Crippen LogP contribution in [0.15, 0.2) is 53.5 Å². The highest BCUT2D eigenvalue weighted by atomic mass is 35.5. The number of amides is 1. The van der Waals surface area contributed by atoms with Crippen molar-refractivity contribution in [3.63, 3.8) is 0 Å². The van der Waals surface area contributed by atoms with Crippen LogP contribution < -0.4 is 9.64 Å². The first-order valence-corrected chi connectivity index (χ1v) is 9.07. The van der Waals surface area contributed by atoms with Crippen molar-refractivity contribution in [2.24, 2.45) is 4.99 Å². The molecule has 0 saturated carbocycles. The van der Waals surface area contributed by atoms with Crippen LogP contribution in [0.3, 0.4) is 0 Å². The van der Waals surface area contributed by atoms with E-state index in [1.807, 2.05) is 6.92 Å². The van der Waals surface area contributed by atoms with Crippen LogP contribution in [0.5, 0.6) is 5.75 Å². The van der Waals surface area contributed by atoms with E-state index in [2.05, 4.69) is 4.99 Å². The number of halogens is 2. The highest BCUT2D eigenvalue weighted by Gasteiger charge is 2.27. The number of hydrogen-bond acceptors (Lipinski definition) is 4. The minimum absolute atomic E-state index is 0.145. The minimum atomic E-state index is -0.413. The van der Waals surface area contributed by atoms with Gasteiger partial charge in [-0.05, 0) is 43.3 Å². The fourth-order valence-electron chi connectivity index (χ4n) is 2.30. The van der Waals surface area contributed by atoms with E-state index in [1.165, 1.54) is 34.9 Å². The fourth-order valence-corrected chi connectivity index (χ4v) is 3.48. The lowest BCUT2D eigenvalue weighted by molar-refractivity contribution is -0.119. The van der Waals surface area contributed by atoms with Crippen molar-refractivity contribution in [3.05, 3.63) is 59.4 Å². The topological polar surface area (TPSA) is 41.9 Å². The molecule has 0 saturated heterocycles. The molecule has 1 atom stereocenters. The Bertz CT molecular complexity index is 798. The average Bonchev–Trinajstić information content (AvgIpc) is 3.01. The molecule has 1 aliphatic rings. The lowest BCUT2D eigenvalue weighted by atomic mass is 10.3. The summed E-state index contributed by atoms with van der Waals surface area (Å²) in [4.78, 5) is 18.8. The zero-order chi connectivity index (χ0) is 17.8. The van der Waals surface area contributed by atoms with Crippen molar-refractivity contribution in [3.8, 4) is 5.75 Å². The second kappa shape index (κ2) is 7.89. The molecular weight excluding hydrogens is 363 g/mol. The van der Waals surface area contributed by atoms with Gasteiger partial charge in [0.25, 0.3) is 5.91 Å². The lowest BCUT2D eigenvalue weighted by Crippen LogP contribution is -2.38. The second-order valence-corrected chi connectivity index (χ2v) is 6.95. The first kappa shape index (κ1) is 17.8. The number of anilines is 1. The third-order valence-electron chi connectivity index (χ3n) is 3.47. The lowest BCUT2D eigenvalue weighted by Gasteiger charge is -2.22. The van der Waals surface area contributed by atoms with Crippen LogP contribution in [0.2, 0.25) is 5.02 Å². The third-order valence-corrected chi connectivity index (χ3v) is 4.92. The number of rotatable bonds is 4. The predicted octanol–water partition coefficient (Wildman–Crippen LogP) is 4.38. The van der Waals surface area contributed by atoms with Crippen LogP contribution in [0, 0.1) is 5.82 Å². The van der Waals surface area contributed by atoms with Crippen molar-refractivity contribution in [1.82, 2.24) is 0 Å². The van der Waals surface area contributed by atoms with E-state index in [9.17, 15) is 9.18 Å². The van der Waals surface area contributed by atoms with Crippen LogP contribution in [0.1, 0.15) is 6.92 Å². The van der Waals surface area contributed by atoms with Crippen molar-refractivity contribution in [2.45, 2.75) is 13.0 Å². The monoisotopic (exact) mass is 378 g/mol. The first-order chi connectivity index (χ1) is 12.0. The van der Waals surface area contributed by atoms with Gasteiger partial charge in [-0.3, -0.25) is 14.7 Å². The van der Waals surface area contributed by atoms with Gasteiger partial charge in [0, 0.05) is 16.8 Å². The molecule has 0 aliphatic carbocycles. The SMILES string of the molecule is C[C@@H]1CSC(N(C(=O)COc2cccc(F)c2)c2ccc(Cl)cc2)=N1. The van der Waals surface area contributed by atoms with E-state index >= 15 is 0 Å². The van der Waals surface area contributed by atoms with E-state index < -0.39 is 5.82 Å². The Kier molecular flexibility index (Phi) is 5.60. The maximum atomic E-state index is 13.2. The zero-order valence-corrected chi connectivity index (χ0v) is 15.1. The maximum Gasteiger partial charge on any atom is 0.271 e. The molecule has 1 amide bonds. The molecule has 0 aromatic heterocycles. The first-order valence-electron chi connectivity index (χ1n) is 7.70. The molecule has 130 valence electrons. The Morgan fingerprint density at radius 1 is 1.36 bits per heavy atom. The number of nitrogens with zero attached hydrogens (tertiary/aromatic N) is 2. The maximum absolute atomic E-state index is 13.2. The molecule has 2 aromatic rings. The Balaban J connectivity index is 1.80. The molecule has 2 aromatic carbocycles. The van der Waals surface area contributed by atoms with Crippen molar-refractivity contribution in [2.75, 3.05) is 17.3 Å². The minimum Gasteiger partial charge on any atom is -0.484 e. The summed E-state index contributed by atoms with van der Waals surface area (Å²) < 4.78 is 18.7. The van der Waals surface area contributed by atoms with Crippen LogP contribution in [-0.2, 0) is 4.79 Å². The quantitative estimate of drug-likeness (QED) is 0.792. The highest BCUT2D eigenvalue weighted by Crippen LogP contribution is 2.27. The molecule has 25 heavy (non-hydrogen) atoms. The summed E-state index contributed by atoms with van der Waals surface area (Å²) in [6, 6.07) is 12.8. The van der Waals surface area contributed by atoms with Crippen LogP contribution in [0.4, 0.5) is 10.1 Å². The molecule has 1 heterocycles. The number of aliphatic imine (C=N–C) groups is 1. The highest BCUT2D eigenvalue weighted by molar-refractivity contribution is 8.14. The average molecular weight is 379 g/mol. The predicted molar refractivity (Wildman–Crippen MR) is 100 cm³/mol. The van der Waals surface area contributed by atoms with Crippen LogP contribution in [0.25, 0.3) is 0 Å². The summed E-state index contributed by atoms with van der Waals surface area (Å²) in [6.45, 7) is 1.77. The summed E-state index contributed by atoms with van der Waals surface area (Å²) in [5.74, 6) is 0.423. The van der Waals surface area contributed by atoms with Crippen molar-refractivity contribution >= 4 is 40.1 Å². The number of amidine groups is 1. The molecule has 1 aliphatic heterocycles. The van der Waals surface area contributed by atoms with Gasteiger partial charge in [-0.1, -0.05) is 29.4 Å². The van der Waals surface area contributed by atoms with Crippen molar-refractivity contribution < 1.29 is 13.9 Å². The van der Waals surface area contributed by atoms with Crippen molar-refractivity contribution in [1.29, 1.82) is 0 Å². The summed E-state index contributed by atoms with van der Waals surface area (Å²) >= 11 is 7.45. The smallest absolute Gasteiger partial charge is 0.271 e. The summed E-state index contributed by atoms with van der Waals surface area (Å²) in [6.07, 6.45) is 0. The summed E-state index contributed by atoms with van der Waals surface area (Å²) in [5.41, 5.74) is 0.664. The largest absolute Gasteiger partial charge is 0.484 e. The number of carbonyl (C=O) groups excluding carboxylic acids is 1. The second-order valence-electron chi connectivity index (χ2n) is 5.52. The molecular formula is C18H16ClFN2O2S. The van der Waals surface area contributed by atoms with E-state index in [0.717, 1.165) is 5.75 Å². The van der Waals surface area contributed by atoms with E-state index in [0.29, 0.717) is 21.6 Å². The molecule has 0 bridgehead atoms. The Hall–Kier alpha value is -2.05. The number of ether oxygens (including phenoxy) is 1. The zero-order valence-electron chi connectivity index (χ0n) is 13.5. The number of benzene rings is 2. The fraction of sp³-hybridized carbons (Fsp3) is 0.222. The Labute approximate surface area is 154 Å². The number of carbonyl (C=O) groups is 1. The van der Waals surface area contributed by atoms with Gasteiger partial charge in [-0.2, -0.15) is 0 Å². The molecule has 7 heteroatoms. The van der Waals surface area contributed by atoms with Gasteiger partial charge in [0.05, 0.1) is 11.7 Å². The summed E-state index contributed by atoms with van der Waals surface area (Å²) in [5, 5.41) is 1.21. The Morgan fingerprint density at radius 2 is 2.12 bits per heavy atom. The number of thioether (sulfide) groups is 1. The van der Waals surface area contributed by atoms with Gasteiger partial charge in [0.2, 0.25) is 0 Å². The van der Waals surface area contributed by atoms with Gasteiger partial charge in [-0.25, -0.2) is 4.39 Å². The standard InChI is InChI=1S/C18H16ClFN2O2S/c1-12-11-25-18(21-12)22(15-7-5-13(19)6-8-15)17(23)10-24-16-4-2-3-14(20)9-16/h2-9,12H,10-11H2,1H3/t12-/m1/s1. The van der Waals surface area contributed by atoms with Gasteiger partial charge in [-0.15, -0.1) is 0 Å². The van der Waals surface area contributed by atoms with E-state index in [4.69, 9.17) is 16.3 Å². The number of hydrogen-bond donors (Lipinski definition) is 0. The Morgan fingerprint density at radius 3 is 2.76 bits per heavy atom. The molecule has 0 spiro atoms. The molecule has 0 unspecified atom stereocenters. The van der Waals surface area contributed by atoms with Gasteiger partial charge < -0.3 is 4.74 Å². The molecule has 0 radical (unpaired) electrons.